The van der Waals surface area contributed by atoms with Crippen molar-refractivity contribution in [2.24, 2.45) is 0 Å². The van der Waals surface area contributed by atoms with Crippen molar-refractivity contribution in [3.8, 4) is 5.69 Å². The average Bonchev–Trinajstić information content (AvgIpc) is 2.70. The molecule has 19 heavy (non-hydrogen) atoms. The lowest BCUT2D eigenvalue weighted by atomic mass is 10.1. The van der Waals surface area contributed by atoms with Crippen LogP contribution in [0.4, 0.5) is 13.2 Å². The summed E-state index contributed by atoms with van der Waals surface area (Å²) in [5.41, 5.74) is -0.196. The Kier molecular flexibility index (Phi) is 3.54. The molecule has 0 radical (unpaired) electrons. The second-order valence-electron chi connectivity index (χ2n) is 4.36. The molecular weight excluding hydrogens is 279 g/mol. The zero-order chi connectivity index (χ0) is 14.2. The maximum absolute atomic E-state index is 12.5. The molecule has 0 aliphatic heterocycles. The van der Waals surface area contributed by atoms with Crippen LogP contribution >= 0.6 is 11.6 Å². The van der Waals surface area contributed by atoms with Crippen molar-refractivity contribution in [3.05, 3.63) is 40.9 Å². The van der Waals surface area contributed by atoms with E-state index in [1.54, 1.807) is 0 Å². The molecule has 0 atom stereocenters. The molecule has 1 aromatic carbocycles. The van der Waals surface area contributed by atoms with Gasteiger partial charge in [-0.05, 0) is 35.9 Å². The molecule has 0 unspecified atom stereocenters. The molecule has 0 N–H and O–H groups in total. The molecule has 0 amide bonds. The number of halogens is 4. The van der Waals surface area contributed by atoms with Gasteiger partial charge >= 0.3 is 6.18 Å². The largest absolute Gasteiger partial charge is 0.416 e. The summed E-state index contributed by atoms with van der Waals surface area (Å²) >= 11 is 5.92. The highest BCUT2D eigenvalue weighted by Gasteiger charge is 2.30. The molecule has 2 aromatic rings. The van der Waals surface area contributed by atoms with E-state index in [1.807, 2.05) is 13.8 Å². The Labute approximate surface area is 113 Å². The Balaban J connectivity index is 2.46. The van der Waals surface area contributed by atoms with Crippen LogP contribution in [0.1, 0.15) is 31.2 Å². The maximum Gasteiger partial charge on any atom is 0.416 e. The van der Waals surface area contributed by atoms with Crippen LogP contribution in [-0.2, 0) is 6.18 Å². The Morgan fingerprint density at radius 3 is 2.16 bits per heavy atom. The molecule has 2 rings (SSSR count). The molecule has 102 valence electrons. The minimum Gasteiger partial charge on any atom is -0.270 e. The van der Waals surface area contributed by atoms with Crippen LogP contribution < -0.4 is 0 Å². The third-order valence-corrected chi connectivity index (χ3v) is 2.86. The van der Waals surface area contributed by atoms with Gasteiger partial charge in [-0.25, -0.2) is 0 Å². The van der Waals surface area contributed by atoms with Gasteiger partial charge in [-0.2, -0.15) is 13.2 Å². The van der Waals surface area contributed by atoms with Gasteiger partial charge in [-0.1, -0.05) is 13.8 Å². The number of aromatic nitrogens is 3. The molecule has 0 saturated carbocycles. The van der Waals surface area contributed by atoms with Crippen molar-refractivity contribution in [1.82, 2.24) is 14.8 Å². The first kappa shape index (κ1) is 13.9. The van der Waals surface area contributed by atoms with E-state index in [0.29, 0.717) is 11.5 Å². The van der Waals surface area contributed by atoms with Crippen molar-refractivity contribution in [2.45, 2.75) is 25.9 Å². The van der Waals surface area contributed by atoms with Gasteiger partial charge in [0.05, 0.1) is 5.56 Å². The van der Waals surface area contributed by atoms with Crippen LogP contribution in [0.2, 0.25) is 5.28 Å². The fourth-order valence-corrected chi connectivity index (χ4v) is 1.91. The first-order valence-corrected chi connectivity index (χ1v) is 5.97. The van der Waals surface area contributed by atoms with E-state index < -0.39 is 11.7 Å². The smallest absolute Gasteiger partial charge is 0.270 e. The fourth-order valence-electron chi connectivity index (χ4n) is 1.69. The summed E-state index contributed by atoms with van der Waals surface area (Å²) in [6.07, 6.45) is -4.35. The summed E-state index contributed by atoms with van der Waals surface area (Å²) in [6.45, 7) is 3.81. The van der Waals surface area contributed by atoms with E-state index in [-0.39, 0.29) is 11.2 Å². The summed E-state index contributed by atoms with van der Waals surface area (Å²) in [5.74, 6) is 0.659. The number of nitrogens with zero attached hydrogens (tertiary/aromatic N) is 3. The van der Waals surface area contributed by atoms with Gasteiger partial charge in [0.25, 0.3) is 0 Å². The van der Waals surface area contributed by atoms with Crippen molar-refractivity contribution >= 4 is 11.6 Å². The van der Waals surface area contributed by atoms with Gasteiger partial charge in [0.15, 0.2) is 0 Å². The van der Waals surface area contributed by atoms with Crippen molar-refractivity contribution in [3.63, 3.8) is 0 Å². The Morgan fingerprint density at radius 1 is 1.11 bits per heavy atom. The maximum atomic E-state index is 12.5. The van der Waals surface area contributed by atoms with Crippen LogP contribution in [0.25, 0.3) is 5.69 Å². The van der Waals surface area contributed by atoms with Gasteiger partial charge in [-0.3, -0.25) is 4.57 Å². The van der Waals surface area contributed by atoms with Gasteiger partial charge in [0.1, 0.15) is 5.82 Å². The predicted molar refractivity (Wildman–Crippen MR) is 65.5 cm³/mol. The number of benzene rings is 1. The molecule has 0 fully saturated rings. The highest BCUT2D eigenvalue weighted by molar-refractivity contribution is 6.28. The van der Waals surface area contributed by atoms with Crippen LogP contribution in [0, 0.1) is 0 Å². The minimum atomic E-state index is -4.35. The molecular formula is C12H11ClF3N3. The van der Waals surface area contributed by atoms with Gasteiger partial charge in [-0.15, -0.1) is 10.2 Å². The molecule has 0 spiro atoms. The van der Waals surface area contributed by atoms with E-state index in [1.165, 1.54) is 16.7 Å². The first-order valence-electron chi connectivity index (χ1n) is 5.59. The van der Waals surface area contributed by atoms with Gasteiger partial charge in [0, 0.05) is 11.6 Å². The molecule has 1 heterocycles. The Bertz CT molecular complexity index is 573. The first-order chi connectivity index (χ1) is 8.80. The molecule has 1 aromatic heterocycles. The third kappa shape index (κ3) is 2.73. The summed E-state index contributed by atoms with van der Waals surface area (Å²) in [4.78, 5) is 0. The second-order valence-corrected chi connectivity index (χ2v) is 4.70. The van der Waals surface area contributed by atoms with E-state index >= 15 is 0 Å². The number of hydrogen-bond donors (Lipinski definition) is 0. The SMILES string of the molecule is CC(C)c1nnc(Cl)n1-c1ccc(C(F)(F)F)cc1. The monoisotopic (exact) mass is 289 g/mol. The third-order valence-electron chi connectivity index (χ3n) is 2.62. The quantitative estimate of drug-likeness (QED) is 0.834. The highest BCUT2D eigenvalue weighted by atomic mass is 35.5. The lowest BCUT2D eigenvalue weighted by Crippen LogP contribution is -2.07. The van der Waals surface area contributed by atoms with Crippen molar-refractivity contribution in [1.29, 1.82) is 0 Å². The van der Waals surface area contributed by atoms with E-state index in [2.05, 4.69) is 10.2 Å². The van der Waals surface area contributed by atoms with Crippen LogP contribution in [-0.4, -0.2) is 14.8 Å². The van der Waals surface area contributed by atoms with E-state index in [4.69, 9.17) is 11.6 Å². The summed E-state index contributed by atoms with van der Waals surface area (Å²) in [6, 6.07) is 4.72. The molecule has 3 nitrogen and oxygen atoms in total. The zero-order valence-corrected chi connectivity index (χ0v) is 11.0. The average molecular weight is 290 g/mol. The topological polar surface area (TPSA) is 30.7 Å². The number of hydrogen-bond acceptors (Lipinski definition) is 2. The van der Waals surface area contributed by atoms with Crippen LogP contribution in [0.5, 0.6) is 0 Å². The highest BCUT2D eigenvalue weighted by Crippen LogP contribution is 2.30. The number of alkyl halides is 3. The van der Waals surface area contributed by atoms with Crippen molar-refractivity contribution in [2.75, 3.05) is 0 Å². The lowest BCUT2D eigenvalue weighted by Gasteiger charge is -2.11. The molecule has 0 bridgehead atoms. The summed E-state index contributed by atoms with van der Waals surface area (Å²) in [7, 11) is 0. The Hall–Kier alpha value is -1.56. The molecule has 7 heteroatoms. The molecule has 0 aliphatic rings. The van der Waals surface area contributed by atoms with Gasteiger partial charge < -0.3 is 0 Å². The van der Waals surface area contributed by atoms with Gasteiger partial charge in [0.2, 0.25) is 5.28 Å². The van der Waals surface area contributed by atoms with Crippen molar-refractivity contribution < 1.29 is 13.2 Å². The van der Waals surface area contributed by atoms with Crippen LogP contribution in [0.15, 0.2) is 24.3 Å². The lowest BCUT2D eigenvalue weighted by molar-refractivity contribution is -0.137. The molecule has 0 aliphatic carbocycles. The molecule has 0 saturated heterocycles. The number of rotatable bonds is 2. The predicted octanol–water partition coefficient (Wildman–Crippen LogP) is 4.06. The van der Waals surface area contributed by atoms with E-state index in [9.17, 15) is 13.2 Å². The summed E-state index contributed by atoms with van der Waals surface area (Å²) in [5, 5.41) is 7.79. The van der Waals surface area contributed by atoms with Crippen LogP contribution in [0.3, 0.4) is 0 Å². The normalized spacial score (nSPS) is 12.2. The fraction of sp³-hybridized carbons (Fsp3) is 0.333. The minimum absolute atomic E-state index is 0.0577. The Morgan fingerprint density at radius 2 is 1.68 bits per heavy atom. The summed E-state index contributed by atoms with van der Waals surface area (Å²) < 4.78 is 39.0. The second kappa shape index (κ2) is 4.85. The standard InChI is InChI=1S/C12H11ClF3N3/c1-7(2)10-17-18-11(13)19(10)9-5-3-8(4-6-9)12(14,15)16/h3-7H,1-2H3. The zero-order valence-electron chi connectivity index (χ0n) is 10.2. The van der Waals surface area contributed by atoms with E-state index in [0.717, 1.165) is 12.1 Å².